The first-order valence-corrected chi connectivity index (χ1v) is 7.94. The average molecular weight is 309 g/mol. The molecule has 1 aliphatic heterocycles. The molecule has 2 aliphatic rings. The second-order valence-electron chi connectivity index (χ2n) is 6.12. The van der Waals surface area contributed by atoms with Gasteiger partial charge in [-0.1, -0.05) is 25.0 Å². The van der Waals surface area contributed by atoms with E-state index in [1.165, 1.54) is 31.2 Å². The molecule has 1 atom stereocenters. The molecule has 1 heterocycles. The summed E-state index contributed by atoms with van der Waals surface area (Å²) >= 11 is 0. The van der Waals surface area contributed by atoms with E-state index >= 15 is 0 Å². The van der Waals surface area contributed by atoms with Gasteiger partial charge < -0.3 is 10.6 Å². The third kappa shape index (κ3) is 4.21. The van der Waals surface area contributed by atoms with Crippen molar-refractivity contribution in [1.82, 2.24) is 10.6 Å². The molecule has 0 radical (unpaired) electrons. The number of halogens is 1. The highest BCUT2D eigenvalue weighted by molar-refractivity contribution is 5.94. The smallest absolute Gasteiger partial charge is 0.251 e. The first kappa shape index (κ1) is 16.3. The molecule has 0 spiro atoms. The number of rotatable bonds is 3. The van der Waals surface area contributed by atoms with Gasteiger partial charge in [0.1, 0.15) is 0 Å². The fourth-order valence-electron chi connectivity index (χ4n) is 3.41. The number of piperidine rings is 1. The largest absolute Gasteiger partial charge is 0.349 e. The van der Waals surface area contributed by atoms with Gasteiger partial charge in [-0.25, -0.2) is 0 Å². The van der Waals surface area contributed by atoms with Crippen molar-refractivity contribution in [3.05, 3.63) is 35.4 Å². The van der Waals surface area contributed by atoms with Gasteiger partial charge in [-0.3, -0.25) is 4.79 Å². The quantitative estimate of drug-likeness (QED) is 0.900. The SMILES string of the molecule is Cl.O=C(NC1CCCC1)c1cccc(C2CCCNC2)c1. The summed E-state index contributed by atoms with van der Waals surface area (Å²) < 4.78 is 0. The van der Waals surface area contributed by atoms with Crippen molar-refractivity contribution in [2.75, 3.05) is 13.1 Å². The van der Waals surface area contributed by atoms with E-state index in [0.717, 1.165) is 31.5 Å². The second-order valence-corrected chi connectivity index (χ2v) is 6.12. The van der Waals surface area contributed by atoms with Crippen LogP contribution in [-0.2, 0) is 0 Å². The number of hydrogen-bond acceptors (Lipinski definition) is 2. The molecule has 1 saturated heterocycles. The van der Waals surface area contributed by atoms with Crippen LogP contribution in [-0.4, -0.2) is 25.0 Å². The molecule has 0 bridgehead atoms. The van der Waals surface area contributed by atoms with Crippen molar-refractivity contribution in [3.63, 3.8) is 0 Å². The molecule has 0 aromatic heterocycles. The topological polar surface area (TPSA) is 41.1 Å². The molecule has 1 saturated carbocycles. The van der Waals surface area contributed by atoms with Crippen LogP contribution in [0.25, 0.3) is 0 Å². The summed E-state index contributed by atoms with van der Waals surface area (Å²) in [7, 11) is 0. The Kier molecular flexibility index (Phi) is 6.07. The lowest BCUT2D eigenvalue weighted by atomic mass is 9.90. The molecule has 3 nitrogen and oxygen atoms in total. The van der Waals surface area contributed by atoms with Crippen LogP contribution >= 0.6 is 12.4 Å². The van der Waals surface area contributed by atoms with Crippen LogP contribution in [0.15, 0.2) is 24.3 Å². The lowest BCUT2D eigenvalue weighted by molar-refractivity contribution is 0.0937. The number of amides is 1. The maximum Gasteiger partial charge on any atom is 0.251 e. The second kappa shape index (κ2) is 7.81. The number of hydrogen-bond donors (Lipinski definition) is 2. The fourth-order valence-corrected chi connectivity index (χ4v) is 3.41. The highest BCUT2D eigenvalue weighted by Crippen LogP contribution is 2.24. The first-order chi connectivity index (χ1) is 9.83. The number of carbonyl (C=O) groups is 1. The molecule has 21 heavy (non-hydrogen) atoms. The van der Waals surface area contributed by atoms with Gasteiger partial charge in [0.2, 0.25) is 0 Å². The number of nitrogens with one attached hydrogen (secondary N) is 2. The molecule has 4 heteroatoms. The van der Waals surface area contributed by atoms with Gasteiger partial charge in [0.05, 0.1) is 0 Å². The van der Waals surface area contributed by atoms with Gasteiger partial charge in [-0.15, -0.1) is 12.4 Å². The van der Waals surface area contributed by atoms with Gasteiger partial charge in [-0.05, 0) is 55.8 Å². The lowest BCUT2D eigenvalue weighted by Gasteiger charge is -2.23. The average Bonchev–Trinajstić information content (AvgIpc) is 3.01. The zero-order valence-electron chi connectivity index (χ0n) is 12.4. The van der Waals surface area contributed by atoms with Crippen molar-refractivity contribution < 1.29 is 4.79 Å². The van der Waals surface area contributed by atoms with Crippen LogP contribution in [0, 0.1) is 0 Å². The Morgan fingerprint density at radius 2 is 1.95 bits per heavy atom. The Hall–Kier alpha value is -1.06. The molecule has 1 aromatic rings. The molecule has 1 aromatic carbocycles. The summed E-state index contributed by atoms with van der Waals surface area (Å²) in [6.07, 6.45) is 7.22. The van der Waals surface area contributed by atoms with Gasteiger partial charge in [0.15, 0.2) is 0 Å². The number of carbonyl (C=O) groups excluding carboxylic acids is 1. The summed E-state index contributed by atoms with van der Waals surface area (Å²) in [5.41, 5.74) is 2.12. The van der Waals surface area contributed by atoms with Crippen LogP contribution in [0.4, 0.5) is 0 Å². The Labute approximate surface area is 133 Å². The zero-order chi connectivity index (χ0) is 13.8. The Bertz CT molecular complexity index is 466. The van der Waals surface area contributed by atoms with Crippen LogP contribution in [0.2, 0.25) is 0 Å². The predicted molar refractivity (Wildman–Crippen MR) is 88.3 cm³/mol. The summed E-state index contributed by atoms with van der Waals surface area (Å²) in [5.74, 6) is 0.658. The summed E-state index contributed by atoms with van der Waals surface area (Å²) in [6.45, 7) is 2.16. The van der Waals surface area contributed by atoms with E-state index in [4.69, 9.17) is 0 Å². The summed E-state index contributed by atoms with van der Waals surface area (Å²) in [5, 5.41) is 6.61. The van der Waals surface area contributed by atoms with E-state index in [9.17, 15) is 4.79 Å². The van der Waals surface area contributed by atoms with Crippen LogP contribution in [0.3, 0.4) is 0 Å². The standard InChI is InChI=1S/C17H24N2O.ClH/c20-17(19-16-8-1-2-9-16)14-6-3-5-13(11-14)15-7-4-10-18-12-15;/h3,5-6,11,15-16,18H,1-2,4,7-10,12H2,(H,19,20);1H. The van der Waals surface area contributed by atoms with E-state index in [0.29, 0.717) is 12.0 Å². The van der Waals surface area contributed by atoms with Crippen molar-refractivity contribution in [3.8, 4) is 0 Å². The molecular formula is C17H25ClN2O. The molecule has 1 amide bonds. The molecule has 3 rings (SSSR count). The number of benzene rings is 1. The molecule has 116 valence electrons. The van der Waals surface area contributed by atoms with E-state index < -0.39 is 0 Å². The summed E-state index contributed by atoms with van der Waals surface area (Å²) in [6, 6.07) is 8.59. The maximum atomic E-state index is 12.3. The third-order valence-electron chi connectivity index (χ3n) is 4.61. The third-order valence-corrected chi connectivity index (χ3v) is 4.61. The van der Waals surface area contributed by atoms with E-state index in [1.807, 2.05) is 12.1 Å². The zero-order valence-corrected chi connectivity index (χ0v) is 13.3. The van der Waals surface area contributed by atoms with E-state index in [2.05, 4.69) is 22.8 Å². The van der Waals surface area contributed by atoms with Gasteiger partial charge in [-0.2, -0.15) is 0 Å². The molecule has 2 N–H and O–H groups in total. The summed E-state index contributed by atoms with van der Waals surface area (Å²) in [4.78, 5) is 12.3. The van der Waals surface area contributed by atoms with Crippen molar-refractivity contribution >= 4 is 18.3 Å². The minimum atomic E-state index is 0. The monoisotopic (exact) mass is 308 g/mol. The van der Waals surface area contributed by atoms with Crippen LogP contribution < -0.4 is 10.6 Å². The molecule has 1 unspecified atom stereocenters. The lowest BCUT2D eigenvalue weighted by Crippen LogP contribution is -2.33. The molecule has 1 aliphatic carbocycles. The van der Waals surface area contributed by atoms with E-state index in [-0.39, 0.29) is 18.3 Å². The molecule has 2 fully saturated rings. The highest BCUT2D eigenvalue weighted by Gasteiger charge is 2.19. The predicted octanol–water partition coefficient (Wildman–Crippen LogP) is 3.25. The Balaban J connectivity index is 0.00000161. The van der Waals surface area contributed by atoms with Crippen molar-refractivity contribution in [2.45, 2.75) is 50.5 Å². The highest BCUT2D eigenvalue weighted by atomic mass is 35.5. The van der Waals surface area contributed by atoms with Gasteiger partial charge >= 0.3 is 0 Å². The van der Waals surface area contributed by atoms with Crippen molar-refractivity contribution in [1.29, 1.82) is 0 Å². The Morgan fingerprint density at radius 3 is 2.67 bits per heavy atom. The van der Waals surface area contributed by atoms with Crippen LogP contribution in [0.5, 0.6) is 0 Å². The van der Waals surface area contributed by atoms with E-state index in [1.54, 1.807) is 0 Å². The first-order valence-electron chi connectivity index (χ1n) is 7.94. The van der Waals surface area contributed by atoms with Crippen molar-refractivity contribution in [2.24, 2.45) is 0 Å². The van der Waals surface area contributed by atoms with Gasteiger partial charge in [0.25, 0.3) is 5.91 Å². The van der Waals surface area contributed by atoms with Crippen LogP contribution in [0.1, 0.15) is 60.4 Å². The maximum absolute atomic E-state index is 12.3. The molecular weight excluding hydrogens is 284 g/mol. The minimum Gasteiger partial charge on any atom is -0.349 e. The normalized spacial score (nSPS) is 22.6. The van der Waals surface area contributed by atoms with Gasteiger partial charge in [0, 0.05) is 18.2 Å². The fraction of sp³-hybridized carbons (Fsp3) is 0.588. The Morgan fingerprint density at radius 1 is 1.14 bits per heavy atom. The minimum absolute atomic E-state index is 0.